The molecule has 620 valence electrons. The summed E-state index contributed by atoms with van der Waals surface area (Å²) in [5.74, 6) is 0.725. The number of halogens is 4. The van der Waals surface area contributed by atoms with Crippen molar-refractivity contribution in [2.75, 3.05) is 71.0 Å². The molecule has 0 fully saturated rings. The Balaban J connectivity index is 0.000000134. The monoisotopic (exact) mass is 1640 g/mol. The van der Waals surface area contributed by atoms with Gasteiger partial charge in [0.1, 0.15) is 45.9 Å². The van der Waals surface area contributed by atoms with Crippen LogP contribution in [0.4, 0.5) is 41.4 Å². The Morgan fingerprint density at radius 3 is 1.03 bits per heavy atom. The highest BCUT2D eigenvalue weighted by atomic mass is 19.1. The molecule has 1 atom stereocenters. The predicted molar refractivity (Wildman–Crippen MR) is 478 cm³/mol. The van der Waals surface area contributed by atoms with Gasteiger partial charge in [-0.3, -0.25) is 17.6 Å². The fourth-order valence-electron chi connectivity index (χ4n) is 14.1. The molecule has 122 heavy (non-hydrogen) atoms. The molecule has 0 amide bonds. The molecule has 1 unspecified atom stereocenters. The summed E-state index contributed by atoms with van der Waals surface area (Å²) in [6.07, 6.45) is 16.8. The molecule has 27 heteroatoms. The van der Waals surface area contributed by atoms with Crippen LogP contribution in [-0.4, -0.2) is 147 Å². The molecule has 5 aromatic carbocycles. The number of rotatable bonds is 22. The average Bonchev–Trinajstić information content (AvgIpc) is 1.65. The van der Waals surface area contributed by atoms with Crippen molar-refractivity contribution >= 4 is 46.4 Å². The Kier molecular flexibility index (Phi) is 26.0. The second-order valence-electron chi connectivity index (χ2n) is 31.5. The van der Waals surface area contributed by atoms with Gasteiger partial charge in [0.2, 0.25) is 23.8 Å². The fraction of sp³-hybridized carbons (Fsp3) is 0.221. The zero-order valence-electron chi connectivity index (χ0n) is 70.5. The van der Waals surface area contributed by atoms with Crippen molar-refractivity contribution in [3.63, 3.8) is 0 Å². The molecular formula is C95H97F4N23. The van der Waals surface area contributed by atoms with Crippen molar-refractivity contribution in [1.29, 1.82) is 0 Å². The number of aryl methyl sites for hydroxylation is 1. The molecule has 17 aromatic rings. The van der Waals surface area contributed by atoms with E-state index in [-0.39, 0.29) is 40.7 Å². The van der Waals surface area contributed by atoms with E-state index in [9.17, 15) is 17.6 Å². The normalized spacial score (nSPS) is 11.7. The number of fused-ring (bicyclic) bond motifs is 4. The molecule has 0 saturated carbocycles. The van der Waals surface area contributed by atoms with Crippen LogP contribution in [0.5, 0.6) is 0 Å². The summed E-state index contributed by atoms with van der Waals surface area (Å²) in [5.41, 5.74) is 28.8. The molecule has 0 aliphatic rings. The van der Waals surface area contributed by atoms with Crippen molar-refractivity contribution in [2.45, 2.75) is 92.0 Å². The molecular weight excluding hydrogens is 1540 g/mol. The zero-order valence-corrected chi connectivity index (χ0v) is 70.5. The van der Waals surface area contributed by atoms with Crippen molar-refractivity contribution in [3.05, 3.63) is 300 Å². The number of anilines is 4. The zero-order chi connectivity index (χ0) is 85.9. The van der Waals surface area contributed by atoms with Gasteiger partial charge in [0.05, 0.1) is 68.3 Å². The number of benzene rings is 5. The van der Waals surface area contributed by atoms with Gasteiger partial charge in [-0.25, -0.2) is 77.4 Å². The maximum Gasteiger partial charge on any atom is 0.223 e. The van der Waals surface area contributed by atoms with E-state index in [4.69, 9.17) is 35.6 Å². The lowest BCUT2D eigenvalue weighted by Crippen LogP contribution is -2.15. The Hall–Kier alpha value is -14.0. The lowest BCUT2D eigenvalue weighted by molar-refractivity contribution is 0.402. The summed E-state index contributed by atoms with van der Waals surface area (Å²) >= 11 is 0. The summed E-state index contributed by atoms with van der Waals surface area (Å²) in [7, 11) is 14.0. The van der Waals surface area contributed by atoms with Gasteiger partial charge in [-0.15, -0.1) is 0 Å². The van der Waals surface area contributed by atoms with E-state index in [1.807, 2.05) is 109 Å². The molecule has 0 radical (unpaired) electrons. The minimum atomic E-state index is -0.288. The third kappa shape index (κ3) is 20.1. The van der Waals surface area contributed by atoms with Crippen LogP contribution in [0.25, 0.3) is 113 Å². The minimum Gasteiger partial charge on any atom is -0.368 e. The second-order valence-corrected chi connectivity index (χ2v) is 31.5. The molecule has 0 aliphatic heterocycles. The number of aromatic nitrogens is 16. The maximum atomic E-state index is 13.7. The minimum absolute atomic E-state index is 0.118. The molecule has 12 aromatic heterocycles. The van der Waals surface area contributed by atoms with Gasteiger partial charge in [-0.05, 0) is 271 Å². The number of nitrogens with two attached hydrogens (primary N) is 1. The van der Waals surface area contributed by atoms with E-state index in [1.54, 1.807) is 86.4 Å². The van der Waals surface area contributed by atoms with Gasteiger partial charge < -0.3 is 36.4 Å². The molecule has 23 nitrogen and oxygen atoms in total. The summed E-state index contributed by atoms with van der Waals surface area (Å²) in [6.45, 7) is 16.0. The largest absolute Gasteiger partial charge is 0.368 e. The number of pyridine rings is 4. The molecule has 5 N–H and O–H groups in total. The quantitative estimate of drug-likeness (QED) is 0.0461. The van der Waals surface area contributed by atoms with Gasteiger partial charge in [0, 0.05) is 111 Å². The van der Waals surface area contributed by atoms with Crippen LogP contribution < -0.4 is 21.7 Å². The smallest absolute Gasteiger partial charge is 0.223 e. The molecule has 0 spiro atoms. The van der Waals surface area contributed by atoms with Crippen LogP contribution in [0.2, 0.25) is 0 Å². The van der Waals surface area contributed by atoms with E-state index in [1.165, 1.54) is 65.2 Å². The van der Waals surface area contributed by atoms with Crippen molar-refractivity contribution in [3.8, 4) is 90.6 Å². The number of hydrogen-bond acceptors (Lipinski definition) is 19. The van der Waals surface area contributed by atoms with Crippen LogP contribution in [0.15, 0.2) is 244 Å². The SMILES string of the molecule is CCc1ccn2c(-c3ccnc(NC(C)CC)n3)c(-c3ccc(F)cc3)nc2c1.CN(C)Cc1ccn2c(-c3ccnc(N)n3)c(-c3ccc(F)cc3)nc2c1.CN(C)Cc1ccn2c(-c3ccnc(NCc4ccc(C(C)(C)C)cc4)n3)c(-c3ccc(F)cc3)nc2c1.CNc1nccc(-c2c(-c3ccc(F)cc3)nc3cc(CN(C)C)ccn23)n1. The van der Waals surface area contributed by atoms with Gasteiger partial charge >= 0.3 is 0 Å². The van der Waals surface area contributed by atoms with Crippen molar-refractivity contribution in [1.82, 2.24) is 92.1 Å². The highest BCUT2D eigenvalue weighted by molar-refractivity contribution is 5.85. The van der Waals surface area contributed by atoms with Gasteiger partial charge in [0.15, 0.2) is 0 Å². The highest BCUT2D eigenvalue weighted by Gasteiger charge is 2.25. The first-order chi connectivity index (χ1) is 58.8. The Morgan fingerprint density at radius 2 is 0.697 bits per heavy atom. The maximum absolute atomic E-state index is 13.7. The van der Waals surface area contributed by atoms with Crippen LogP contribution in [0, 0.1) is 23.3 Å². The second kappa shape index (κ2) is 37.5. The highest BCUT2D eigenvalue weighted by Crippen LogP contribution is 2.38. The van der Waals surface area contributed by atoms with Gasteiger partial charge in [-0.1, -0.05) is 58.9 Å². The van der Waals surface area contributed by atoms with E-state index in [2.05, 4.69) is 169 Å². The van der Waals surface area contributed by atoms with Crippen LogP contribution in [0.1, 0.15) is 81.3 Å². The average molecular weight is 1640 g/mol. The summed E-state index contributed by atoms with van der Waals surface area (Å²) in [4.78, 5) is 61.3. The summed E-state index contributed by atoms with van der Waals surface area (Å²) in [5, 5.41) is 9.65. The number of nitrogens with one attached hydrogen (secondary N) is 3. The van der Waals surface area contributed by atoms with E-state index >= 15 is 0 Å². The third-order valence-electron chi connectivity index (χ3n) is 20.2. The summed E-state index contributed by atoms with van der Waals surface area (Å²) in [6, 6.07) is 58.4. The topological polar surface area (TPSA) is 244 Å². The van der Waals surface area contributed by atoms with Crippen LogP contribution >= 0.6 is 0 Å². The Morgan fingerprint density at radius 1 is 0.377 bits per heavy atom. The van der Waals surface area contributed by atoms with Crippen molar-refractivity contribution < 1.29 is 17.6 Å². The lowest BCUT2D eigenvalue weighted by atomic mass is 9.87. The fourth-order valence-corrected chi connectivity index (χ4v) is 14.1. The number of hydrogen-bond donors (Lipinski definition) is 4. The number of imidazole rings is 4. The van der Waals surface area contributed by atoms with Crippen LogP contribution in [-0.2, 0) is 38.0 Å². The van der Waals surface area contributed by atoms with E-state index < -0.39 is 0 Å². The molecule has 12 heterocycles. The molecule has 0 aliphatic carbocycles. The van der Waals surface area contributed by atoms with E-state index in [0.29, 0.717) is 30.1 Å². The molecule has 0 saturated heterocycles. The van der Waals surface area contributed by atoms with Crippen molar-refractivity contribution in [2.24, 2.45) is 0 Å². The Labute approximate surface area is 706 Å². The lowest BCUT2D eigenvalue weighted by Gasteiger charge is -2.19. The first-order valence-electron chi connectivity index (χ1n) is 40.2. The predicted octanol–water partition coefficient (Wildman–Crippen LogP) is 18.9. The van der Waals surface area contributed by atoms with Gasteiger partial charge in [0.25, 0.3) is 0 Å². The van der Waals surface area contributed by atoms with E-state index in [0.717, 1.165) is 157 Å². The third-order valence-corrected chi connectivity index (χ3v) is 20.2. The van der Waals surface area contributed by atoms with Gasteiger partial charge in [-0.2, -0.15) is 0 Å². The molecule has 17 rings (SSSR count). The number of nitrogen functional groups attached to an aromatic ring is 1. The Bertz CT molecular complexity index is 6450. The molecule has 0 bridgehead atoms. The summed E-state index contributed by atoms with van der Waals surface area (Å²) < 4.78 is 62.1. The standard InChI is InChI=1S/C31H33FN6.C23H24FN5.C21H21FN6.C20H19FN6/c1-31(2,3)24-10-6-21(7-11-24)19-34-30-33-16-14-26(35-30)29-28(23-8-12-25(32)13-9-23)36-27-18-22(20-37(4)5)15-17-38(27)29;1-4-15(3)26-23-25-12-10-19(27-23)22-21(17-6-8-18(24)9-7-17)28-20-14-16(5-2)11-13-29(20)22;1-23-21-24-10-8-17(25-21)20-19(15-4-6-16(22)7-5-15)26-18-12-14(13-27(2)3)9-11-28(18)20;1-26(2)12-13-8-10-27-17(11-13)25-18(14-3-5-15(21)6-4-14)19(27)16-7-9-23-20(22)24-16/h6-18H,19-20H2,1-5H3,(H,33,34,35);6-15H,4-5H2,1-3H3,(H,25,26,27);4-12H,13H2,1-3H3,(H,23,24,25);3-11H,12H2,1-2H3,(H2,22,23,24). The number of nitrogens with zero attached hydrogens (tertiary/aromatic N) is 19. The van der Waals surface area contributed by atoms with Crippen LogP contribution in [0.3, 0.4) is 0 Å². The first kappa shape index (κ1) is 84.4. The first-order valence-corrected chi connectivity index (χ1v) is 40.2.